The van der Waals surface area contributed by atoms with Gasteiger partial charge in [-0.05, 0) is 18.4 Å². The van der Waals surface area contributed by atoms with E-state index in [2.05, 4.69) is 4.90 Å². The predicted molar refractivity (Wildman–Crippen MR) is 104 cm³/mol. The predicted octanol–water partition coefficient (Wildman–Crippen LogP) is 0.768. The molecule has 27 heavy (non-hydrogen) atoms. The van der Waals surface area contributed by atoms with Crippen LogP contribution in [0.1, 0.15) is 18.4 Å². The van der Waals surface area contributed by atoms with E-state index in [1.54, 1.807) is 14.1 Å². The fourth-order valence-corrected chi connectivity index (χ4v) is 5.09. The number of nitrogens with zero attached hydrogens (tertiary/aromatic N) is 3. The standard InChI is InChI=1S/C19H31N3O4S/c1-20(2)27(24,25)22-11-9-19(23)8-10-21(14-18(19)15-22)12-13-26-16-17-6-4-3-5-7-17/h3-7,18,23H,8-16H2,1-2H3/t18-,19-/m0/s1. The van der Waals surface area contributed by atoms with Crippen LogP contribution in [0, 0.1) is 5.92 Å². The van der Waals surface area contributed by atoms with Gasteiger partial charge in [-0.1, -0.05) is 30.3 Å². The van der Waals surface area contributed by atoms with Gasteiger partial charge in [-0.2, -0.15) is 17.0 Å². The summed E-state index contributed by atoms with van der Waals surface area (Å²) < 4.78 is 33.4. The highest BCUT2D eigenvalue weighted by Gasteiger charge is 2.47. The lowest BCUT2D eigenvalue weighted by Gasteiger charge is -2.50. The summed E-state index contributed by atoms with van der Waals surface area (Å²) >= 11 is 0. The maximum Gasteiger partial charge on any atom is 0.281 e. The number of hydrogen-bond acceptors (Lipinski definition) is 5. The van der Waals surface area contributed by atoms with Gasteiger partial charge >= 0.3 is 0 Å². The van der Waals surface area contributed by atoms with Crippen LogP contribution in [0.25, 0.3) is 0 Å². The molecule has 8 heteroatoms. The van der Waals surface area contributed by atoms with E-state index >= 15 is 0 Å². The maximum absolute atomic E-state index is 12.4. The molecule has 0 aliphatic carbocycles. The van der Waals surface area contributed by atoms with Crippen LogP contribution in [0.2, 0.25) is 0 Å². The Morgan fingerprint density at radius 1 is 1.19 bits per heavy atom. The first-order valence-corrected chi connectivity index (χ1v) is 10.9. The molecular formula is C19H31N3O4S. The number of aliphatic hydroxyl groups is 1. The Balaban J connectivity index is 1.50. The average Bonchev–Trinajstić information content (AvgIpc) is 2.65. The lowest BCUT2D eigenvalue weighted by Crippen LogP contribution is -2.61. The fraction of sp³-hybridized carbons (Fsp3) is 0.684. The van der Waals surface area contributed by atoms with Crippen molar-refractivity contribution in [2.75, 3.05) is 53.4 Å². The second-order valence-electron chi connectivity index (χ2n) is 7.79. The van der Waals surface area contributed by atoms with Gasteiger partial charge in [0, 0.05) is 52.7 Å². The third kappa shape index (κ3) is 4.88. The first-order valence-electron chi connectivity index (χ1n) is 9.55. The maximum atomic E-state index is 12.4. The number of likely N-dealkylation sites (tertiary alicyclic amines) is 1. The van der Waals surface area contributed by atoms with Gasteiger partial charge in [0.1, 0.15) is 0 Å². The van der Waals surface area contributed by atoms with Crippen LogP contribution in [0.15, 0.2) is 30.3 Å². The molecule has 1 N–H and O–H groups in total. The van der Waals surface area contributed by atoms with Crippen molar-refractivity contribution in [3.8, 4) is 0 Å². The van der Waals surface area contributed by atoms with E-state index < -0.39 is 15.8 Å². The van der Waals surface area contributed by atoms with Gasteiger partial charge in [0.05, 0.1) is 18.8 Å². The van der Waals surface area contributed by atoms with Gasteiger partial charge in [0.2, 0.25) is 0 Å². The lowest BCUT2D eigenvalue weighted by molar-refractivity contribution is -0.104. The molecular weight excluding hydrogens is 366 g/mol. The van der Waals surface area contributed by atoms with Gasteiger partial charge in [0.15, 0.2) is 0 Å². The van der Waals surface area contributed by atoms with Crippen LogP contribution in [-0.2, 0) is 21.6 Å². The molecule has 0 aromatic heterocycles. The molecule has 2 atom stereocenters. The number of rotatable bonds is 7. The molecule has 1 aromatic carbocycles. The fourth-order valence-electron chi connectivity index (χ4n) is 3.94. The SMILES string of the molecule is CN(C)S(=O)(=O)N1CC[C@@]2(O)CCN(CCOCc3ccccc3)C[C@H]2C1. The molecule has 0 unspecified atom stereocenters. The largest absolute Gasteiger partial charge is 0.389 e. The van der Waals surface area contributed by atoms with Crippen molar-refractivity contribution in [1.29, 1.82) is 0 Å². The molecule has 0 spiro atoms. The minimum atomic E-state index is -3.43. The smallest absolute Gasteiger partial charge is 0.281 e. The molecule has 3 rings (SSSR count). The Kier molecular flexibility index (Phi) is 6.55. The molecule has 1 aromatic rings. The second-order valence-corrected chi connectivity index (χ2v) is 9.93. The van der Waals surface area contributed by atoms with E-state index in [1.165, 1.54) is 8.61 Å². The Labute approximate surface area is 162 Å². The van der Waals surface area contributed by atoms with E-state index in [0.29, 0.717) is 45.7 Å². The first-order chi connectivity index (χ1) is 12.8. The quantitative estimate of drug-likeness (QED) is 0.688. The average molecular weight is 398 g/mol. The summed E-state index contributed by atoms with van der Waals surface area (Å²) in [5.41, 5.74) is 0.405. The van der Waals surface area contributed by atoms with Crippen LogP contribution in [0.5, 0.6) is 0 Å². The molecule has 7 nitrogen and oxygen atoms in total. The van der Waals surface area contributed by atoms with Crippen molar-refractivity contribution in [2.24, 2.45) is 5.92 Å². The number of piperidine rings is 2. The summed E-state index contributed by atoms with van der Waals surface area (Å²) in [4.78, 5) is 2.27. The third-order valence-electron chi connectivity index (χ3n) is 5.77. The van der Waals surface area contributed by atoms with Crippen LogP contribution >= 0.6 is 0 Å². The van der Waals surface area contributed by atoms with Crippen LogP contribution < -0.4 is 0 Å². The Morgan fingerprint density at radius 2 is 1.89 bits per heavy atom. The summed E-state index contributed by atoms with van der Waals surface area (Å²) in [5.74, 6) is -0.0659. The monoisotopic (exact) mass is 397 g/mol. The number of ether oxygens (including phenoxy) is 1. The van der Waals surface area contributed by atoms with Gasteiger partial charge in [-0.25, -0.2) is 0 Å². The Hall–Kier alpha value is -1.03. The van der Waals surface area contributed by atoms with Gasteiger partial charge in [0.25, 0.3) is 10.2 Å². The van der Waals surface area contributed by atoms with Crippen molar-refractivity contribution in [2.45, 2.75) is 25.0 Å². The molecule has 2 fully saturated rings. The zero-order chi connectivity index (χ0) is 19.5. The Bertz CT molecular complexity index is 713. The van der Waals surface area contributed by atoms with Crippen LogP contribution in [-0.4, -0.2) is 86.1 Å². The zero-order valence-electron chi connectivity index (χ0n) is 16.2. The second kappa shape index (κ2) is 8.55. The van der Waals surface area contributed by atoms with Gasteiger partial charge < -0.3 is 14.7 Å². The minimum absolute atomic E-state index is 0.0659. The van der Waals surface area contributed by atoms with Crippen molar-refractivity contribution in [1.82, 2.24) is 13.5 Å². The number of benzene rings is 1. The molecule has 2 aliphatic heterocycles. The lowest BCUT2D eigenvalue weighted by atomic mass is 9.76. The highest BCUT2D eigenvalue weighted by atomic mass is 32.2. The molecule has 0 amide bonds. The van der Waals surface area contributed by atoms with Crippen molar-refractivity contribution >= 4 is 10.2 Å². The molecule has 0 saturated carbocycles. The van der Waals surface area contributed by atoms with Crippen molar-refractivity contribution in [3.63, 3.8) is 0 Å². The molecule has 0 bridgehead atoms. The van der Waals surface area contributed by atoms with Crippen LogP contribution in [0.4, 0.5) is 0 Å². The molecule has 152 valence electrons. The molecule has 2 heterocycles. The Morgan fingerprint density at radius 3 is 2.59 bits per heavy atom. The highest BCUT2D eigenvalue weighted by Crippen LogP contribution is 2.36. The van der Waals surface area contributed by atoms with E-state index in [-0.39, 0.29) is 5.92 Å². The van der Waals surface area contributed by atoms with E-state index in [4.69, 9.17) is 4.74 Å². The van der Waals surface area contributed by atoms with Gasteiger partial charge in [-0.3, -0.25) is 0 Å². The van der Waals surface area contributed by atoms with E-state index in [9.17, 15) is 13.5 Å². The topological polar surface area (TPSA) is 73.3 Å². The third-order valence-corrected chi connectivity index (χ3v) is 7.68. The van der Waals surface area contributed by atoms with Gasteiger partial charge in [-0.15, -0.1) is 0 Å². The highest BCUT2D eigenvalue weighted by molar-refractivity contribution is 7.86. The molecule has 2 aliphatic rings. The zero-order valence-corrected chi connectivity index (χ0v) is 17.1. The van der Waals surface area contributed by atoms with E-state index in [1.807, 2.05) is 30.3 Å². The minimum Gasteiger partial charge on any atom is -0.389 e. The van der Waals surface area contributed by atoms with Crippen LogP contribution in [0.3, 0.4) is 0 Å². The summed E-state index contributed by atoms with van der Waals surface area (Å²) in [5, 5.41) is 11.0. The van der Waals surface area contributed by atoms with Crippen molar-refractivity contribution in [3.05, 3.63) is 35.9 Å². The summed E-state index contributed by atoms with van der Waals surface area (Å²) in [6.45, 7) is 4.29. The van der Waals surface area contributed by atoms with Crippen molar-refractivity contribution < 1.29 is 18.3 Å². The van der Waals surface area contributed by atoms with E-state index in [0.717, 1.165) is 18.7 Å². The summed E-state index contributed by atoms with van der Waals surface area (Å²) in [7, 11) is -0.336. The number of hydrogen-bond donors (Lipinski definition) is 1. The molecule has 2 saturated heterocycles. The summed E-state index contributed by atoms with van der Waals surface area (Å²) in [6, 6.07) is 10.1. The number of fused-ring (bicyclic) bond motifs is 1. The summed E-state index contributed by atoms with van der Waals surface area (Å²) in [6.07, 6.45) is 1.19. The normalized spacial score (nSPS) is 27.6. The molecule has 0 radical (unpaired) electrons. The first kappa shape index (κ1) is 20.7.